The molecule has 1 fully saturated rings. The van der Waals surface area contributed by atoms with Crippen molar-refractivity contribution < 1.29 is 18.8 Å². The van der Waals surface area contributed by atoms with Gasteiger partial charge in [0.05, 0.1) is 10.2 Å². The standard InChI is InChI=1S/C19H18BrN3O4/c1-4-11-5-7-12(8-6-11)23-17(25)14(16(24)21-19(23)26)9-13-10-15(20)18(27-13)22(2)3/h5-10H,4H2,1-3H3,(H,21,24,26)/b14-9-. The molecule has 1 aliphatic rings. The maximum atomic E-state index is 12.8. The van der Waals surface area contributed by atoms with Crippen molar-refractivity contribution in [3.8, 4) is 0 Å². The van der Waals surface area contributed by atoms with Crippen LogP contribution in [0.2, 0.25) is 0 Å². The molecule has 1 aromatic carbocycles. The lowest BCUT2D eigenvalue weighted by atomic mass is 10.1. The van der Waals surface area contributed by atoms with E-state index >= 15 is 0 Å². The molecule has 0 atom stereocenters. The van der Waals surface area contributed by atoms with E-state index in [0.717, 1.165) is 16.9 Å². The third-order valence-electron chi connectivity index (χ3n) is 4.09. The summed E-state index contributed by atoms with van der Waals surface area (Å²) in [5.41, 5.74) is 1.29. The molecule has 0 bridgehead atoms. The van der Waals surface area contributed by atoms with Gasteiger partial charge in [-0.05, 0) is 46.1 Å². The van der Waals surface area contributed by atoms with Crippen molar-refractivity contribution in [2.24, 2.45) is 0 Å². The second-order valence-electron chi connectivity index (χ2n) is 6.17. The molecule has 0 saturated carbocycles. The molecule has 1 aromatic heterocycles. The summed E-state index contributed by atoms with van der Waals surface area (Å²) >= 11 is 3.37. The summed E-state index contributed by atoms with van der Waals surface area (Å²) < 4.78 is 6.33. The number of carbonyl (C=O) groups excluding carboxylic acids is 3. The predicted molar refractivity (Wildman–Crippen MR) is 106 cm³/mol. The number of hydrogen-bond acceptors (Lipinski definition) is 5. The van der Waals surface area contributed by atoms with Crippen LogP contribution in [0.1, 0.15) is 18.2 Å². The molecule has 3 rings (SSSR count). The number of imide groups is 2. The highest BCUT2D eigenvalue weighted by atomic mass is 79.9. The second kappa shape index (κ2) is 7.40. The Hall–Kier alpha value is -2.87. The molecule has 140 valence electrons. The van der Waals surface area contributed by atoms with Crippen LogP contribution < -0.4 is 15.1 Å². The first kappa shape index (κ1) is 18.9. The molecule has 1 aliphatic heterocycles. The van der Waals surface area contributed by atoms with Gasteiger partial charge in [0.15, 0.2) is 0 Å². The lowest BCUT2D eigenvalue weighted by Gasteiger charge is -2.26. The van der Waals surface area contributed by atoms with Gasteiger partial charge in [0.25, 0.3) is 11.8 Å². The molecule has 2 aromatic rings. The lowest BCUT2D eigenvalue weighted by Crippen LogP contribution is -2.54. The average Bonchev–Trinajstić information content (AvgIpc) is 3.00. The molecule has 0 aliphatic carbocycles. The van der Waals surface area contributed by atoms with E-state index in [2.05, 4.69) is 21.2 Å². The Morgan fingerprint density at radius 3 is 2.41 bits per heavy atom. The first-order chi connectivity index (χ1) is 12.8. The summed E-state index contributed by atoms with van der Waals surface area (Å²) in [6, 6.07) is 7.90. The number of benzene rings is 1. The zero-order valence-corrected chi connectivity index (χ0v) is 16.7. The summed E-state index contributed by atoms with van der Waals surface area (Å²) in [6.07, 6.45) is 2.17. The van der Waals surface area contributed by atoms with Crippen LogP contribution in [-0.2, 0) is 16.0 Å². The molecule has 4 amide bonds. The number of barbiturate groups is 1. The Kier molecular flexibility index (Phi) is 5.18. The normalized spacial score (nSPS) is 16.1. The smallest absolute Gasteiger partial charge is 0.335 e. The van der Waals surface area contributed by atoms with Gasteiger partial charge in [-0.3, -0.25) is 14.9 Å². The van der Waals surface area contributed by atoms with Gasteiger partial charge in [-0.1, -0.05) is 19.1 Å². The van der Waals surface area contributed by atoms with E-state index in [0.29, 0.717) is 21.8 Å². The summed E-state index contributed by atoms with van der Waals surface area (Å²) in [4.78, 5) is 40.0. The first-order valence-electron chi connectivity index (χ1n) is 8.29. The van der Waals surface area contributed by atoms with Gasteiger partial charge in [0, 0.05) is 20.2 Å². The number of amides is 4. The van der Waals surface area contributed by atoms with E-state index in [1.54, 1.807) is 37.2 Å². The Bertz CT molecular complexity index is 944. The van der Waals surface area contributed by atoms with E-state index in [-0.39, 0.29) is 5.57 Å². The summed E-state index contributed by atoms with van der Waals surface area (Å²) in [5.74, 6) is -0.592. The number of nitrogens with zero attached hydrogens (tertiary/aromatic N) is 2. The minimum atomic E-state index is -0.777. The quantitative estimate of drug-likeness (QED) is 0.592. The van der Waals surface area contributed by atoms with Crippen molar-refractivity contribution >= 4 is 51.4 Å². The number of halogens is 1. The number of furan rings is 1. The number of rotatable bonds is 4. The Labute approximate surface area is 164 Å². The maximum Gasteiger partial charge on any atom is 0.335 e. The van der Waals surface area contributed by atoms with Crippen LogP contribution in [0.25, 0.3) is 6.08 Å². The molecule has 0 unspecified atom stereocenters. The number of aryl methyl sites for hydroxylation is 1. The minimum absolute atomic E-state index is 0.180. The molecule has 1 saturated heterocycles. The fourth-order valence-electron chi connectivity index (χ4n) is 2.67. The SMILES string of the molecule is CCc1ccc(N2C(=O)NC(=O)/C(=C/c3cc(Br)c(N(C)C)o3)C2=O)cc1. The fourth-order valence-corrected chi connectivity index (χ4v) is 3.33. The predicted octanol–water partition coefficient (Wildman–Crippen LogP) is 3.34. The molecule has 2 heterocycles. The van der Waals surface area contributed by atoms with E-state index in [9.17, 15) is 14.4 Å². The van der Waals surface area contributed by atoms with E-state index in [1.807, 2.05) is 19.1 Å². The summed E-state index contributed by atoms with van der Waals surface area (Å²) in [5, 5.41) is 2.20. The largest absolute Gasteiger partial charge is 0.440 e. The van der Waals surface area contributed by atoms with E-state index < -0.39 is 17.8 Å². The van der Waals surface area contributed by atoms with Crippen molar-refractivity contribution in [2.45, 2.75) is 13.3 Å². The lowest BCUT2D eigenvalue weighted by molar-refractivity contribution is -0.122. The van der Waals surface area contributed by atoms with Gasteiger partial charge in [-0.15, -0.1) is 0 Å². The van der Waals surface area contributed by atoms with Crippen LogP contribution in [0.5, 0.6) is 0 Å². The Morgan fingerprint density at radius 1 is 1.19 bits per heavy atom. The van der Waals surface area contributed by atoms with E-state index in [4.69, 9.17) is 4.42 Å². The van der Waals surface area contributed by atoms with Gasteiger partial charge < -0.3 is 9.32 Å². The highest BCUT2D eigenvalue weighted by Crippen LogP contribution is 2.31. The zero-order valence-electron chi connectivity index (χ0n) is 15.1. The summed E-state index contributed by atoms with van der Waals surface area (Å²) in [7, 11) is 3.61. The Balaban J connectivity index is 1.98. The molecule has 7 nitrogen and oxygen atoms in total. The molecule has 27 heavy (non-hydrogen) atoms. The maximum absolute atomic E-state index is 12.8. The number of urea groups is 1. The highest BCUT2D eigenvalue weighted by Gasteiger charge is 2.37. The van der Waals surface area contributed by atoms with Crippen LogP contribution >= 0.6 is 15.9 Å². The monoisotopic (exact) mass is 431 g/mol. The van der Waals surface area contributed by atoms with Crippen molar-refractivity contribution in [1.82, 2.24) is 5.32 Å². The molecule has 1 N–H and O–H groups in total. The molecule has 8 heteroatoms. The van der Waals surface area contributed by atoms with Crippen LogP contribution in [0.4, 0.5) is 16.4 Å². The number of carbonyl (C=O) groups is 3. The third kappa shape index (κ3) is 3.66. The number of nitrogens with one attached hydrogen (secondary N) is 1. The zero-order chi connectivity index (χ0) is 19.7. The van der Waals surface area contributed by atoms with Crippen molar-refractivity contribution in [1.29, 1.82) is 0 Å². The van der Waals surface area contributed by atoms with E-state index in [1.165, 1.54) is 6.08 Å². The van der Waals surface area contributed by atoms with Gasteiger partial charge in [0.1, 0.15) is 11.3 Å². The first-order valence-corrected chi connectivity index (χ1v) is 9.08. The van der Waals surface area contributed by atoms with Crippen LogP contribution in [0.3, 0.4) is 0 Å². The van der Waals surface area contributed by atoms with Crippen LogP contribution in [0.15, 0.2) is 44.8 Å². The van der Waals surface area contributed by atoms with Crippen molar-refractivity contribution in [2.75, 3.05) is 23.9 Å². The molecule has 0 radical (unpaired) electrons. The van der Waals surface area contributed by atoms with Crippen LogP contribution in [0, 0.1) is 0 Å². The topological polar surface area (TPSA) is 82.9 Å². The molecule has 0 spiro atoms. The fraction of sp³-hybridized carbons (Fsp3) is 0.211. The van der Waals surface area contributed by atoms with Gasteiger partial charge in [-0.25, -0.2) is 9.69 Å². The third-order valence-corrected chi connectivity index (χ3v) is 4.65. The number of hydrogen-bond donors (Lipinski definition) is 1. The minimum Gasteiger partial charge on any atom is -0.440 e. The molecular formula is C19H18BrN3O4. The molecular weight excluding hydrogens is 414 g/mol. The van der Waals surface area contributed by atoms with Gasteiger partial charge in [0.2, 0.25) is 5.88 Å². The van der Waals surface area contributed by atoms with Gasteiger partial charge in [-0.2, -0.15) is 0 Å². The highest BCUT2D eigenvalue weighted by molar-refractivity contribution is 9.10. The number of anilines is 2. The van der Waals surface area contributed by atoms with Crippen LogP contribution in [-0.4, -0.2) is 31.9 Å². The summed E-state index contributed by atoms with van der Waals surface area (Å²) in [6.45, 7) is 2.01. The van der Waals surface area contributed by atoms with Crippen molar-refractivity contribution in [3.63, 3.8) is 0 Å². The Morgan fingerprint density at radius 2 is 1.85 bits per heavy atom. The van der Waals surface area contributed by atoms with Crippen molar-refractivity contribution in [3.05, 3.63) is 51.7 Å². The van der Waals surface area contributed by atoms with Gasteiger partial charge >= 0.3 is 6.03 Å². The average molecular weight is 432 g/mol. The second-order valence-corrected chi connectivity index (χ2v) is 7.03.